The van der Waals surface area contributed by atoms with E-state index in [1.165, 1.54) is 11.1 Å². The molecule has 1 aliphatic rings. The molecule has 0 amide bonds. The fraction of sp³-hybridized carbons (Fsp3) is 0.417. The van der Waals surface area contributed by atoms with E-state index in [1.807, 2.05) is 16.9 Å². The normalized spacial score (nSPS) is 21.6. The van der Waals surface area contributed by atoms with Crippen LogP contribution in [0.3, 0.4) is 0 Å². The number of rotatable bonds is 4. The van der Waals surface area contributed by atoms with E-state index in [4.69, 9.17) is 5.73 Å². The van der Waals surface area contributed by atoms with Gasteiger partial charge in [0.2, 0.25) is 0 Å². The first-order chi connectivity index (χ1) is 8.26. The third kappa shape index (κ3) is 2.57. The summed E-state index contributed by atoms with van der Waals surface area (Å²) in [7, 11) is 0.343. The minimum Gasteiger partial charge on any atom is -0.390 e. The molecule has 1 heterocycles. The van der Waals surface area contributed by atoms with Gasteiger partial charge in [0.05, 0.1) is 12.3 Å². The number of hydrogen-bond acceptors (Lipinski definition) is 4. The van der Waals surface area contributed by atoms with Crippen LogP contribution >= 0.6 is 0 Å². The van der Waals surface area contributed by atoms with Gasteiger partial charge in [-0.1, -0.05) is 24.3 Å². The largest absolute Gasteiger partial charge is 0.390 e. The predicted octanol–water partition coefficient (Wildman–Crippen LogP) is -0.725. The highest BCUT2D eigenvalue weighted by Gasteiger charge is 2.30. The second kappa shape index (κ2) is 5.45. The van der Waals surface area contributed by atoms with Crippen LogP contribution < -0.4 is 5.73 Å². The first kappa shape index (κ1) is 12.3. The van der Waals surface area contributed by atoms with Crippen LogP contribution in [0.25, 0.3) is 0 Å². The fourth-order valence-electron chi connectivity index (χ4n) is 2.43. The summed E-state index contributed by atoms with van der Waals surface area (Å²) >= 11 is 0. The zero-order valence-corrected chi connectivity index (χ0v) is 9.75. The lowest BCUT2D eigenvalue weighted by Gasteiger charge is -2.38. The van der Waals surface area contributed by atoms with Crippen LogP contribution in [-0.4, -0.2) is 42.2 Å². The molecular formula is C12H17BN2O2. The third-order valence-corrected chi connectivity index (χ3v) is 3.38. The van der Waals surface area contributed by atoms with Crippen LogP contribution in [0.4, 0.5) is 0 Å². The van der Waals surface area contributed by atoms with E-state index in [0.29, 0.717) is 14.0 Å². The van der Waals surface area contributed by atoms with E-state index in [2.05, 4.69) is 12.1 Å². The Bertz CT molecular complexity index is 400. The van der Waals surface area contributed by atoms with Crippen molar-refractivity contribution in [2.45, 2.75) is 25.1 Å². The Morgan fingerprint density at radius 3 is 2.88 bits per heavy atom. The summed E-state index contributed by atoms with van der Waals surface area (Å²) in [6.07, 6.45) is 1.05. The van der Waals surface area contributed by atoms with Gasteiger partial charge in [-0.3, -0.25) is 0 Å². The monoisotopic (exact) mass is 232 g/mol. The number of benzene rings is 1. The van der Waals surface area contributed by atoms with Gasteiger partial charge in [-0.05, 0) is 17.5 Å². The molecule has 2 atom stereocenters. The van der Waals surface area contributed by atoms with Gasteiger partial charge in [-0.15, -0.1) is 0 Å². The summed E-state index contributed by atoms with van der Waals surface area (Å²) in [5.41, 5.74) is 7.99. The molecule has 0 aliphatic carbocycles. The quantitative estimate of drug-likeness (QED) is 0.530. The fourth-order valence-corrected chi connectivity index (χ4v) is 2.43. The summed E-state index contributed by atoms with van der Waals surface area (Å²) in [4.78, 5) is 12.7. The maximum atomic E-state index is 10.7. The van der Waals surface area contributed by atoms with Crippen molar-refractivity contribution in [1.29, 1.82) is 0 Å². The molecule has 90 valence electrons. The van der Waals surface area contributed by atoms with E-state index in [9.17, 15) is 9.90 Å². The molecule has 1 aliphatic heterocycles. The van der Waals surface area contributed by atoms with Crippen molar-refractivity contribution in [3.63, 3.8) is 0 Å². The van der Waals surface area contributed by atoms with Crippen LogP contribution in [-0.2, 0) is 17.8 Å². The lowest BCUT2D eigenvalue weighted by Crippen LogP contribution is -2.51. The Labute approximate surface area is 102 Å². The summed E-state index contributed by atoms with van der Waals surface area (Å²) in [5, 5.41) is 9.92. The molecule has 0 saturated heterocycles. The minimum atomic E-state index is -0.580. The number of fused-ring (bicyclic) bond motifs is 1. The number of nitrogens with two attached hydrogens (primary N) is 1. The molecule has 0 bridgehead atoms. The van der Waals surface area contributed by atoms with Gasteiger partial charge in [-0.2, -0.15) is 0 Å². The Morgan fingerprint density at radius 2 is 2.24 bits per heavy atom. The molecule has 0 unspecified atom stereocenters. The number of aliphatic hydroxyl groups excluding tert-OH is 1. The number of nitrogens with zero attached hydrogens (tertiary/aromatic N) is 1. The Kier molecular flexibility index (Phi) is 3.94. The summed E-state index contributed by atoms with van der Waals surface area (Å²) < 4.78 is 0. The van der Waals surface area contributed by atoms with Crippen LogP contribution in [0.2, 0.25) is 0 Å². The highest BCUT2D eigenvalue weighted by molar-refractivity contribution is 6.64. The van der Waals surface area contributed by atoms with Gasteiger partial charge in [0, 0.05) is 19.1 Å². The lowest BCUT2D eigenvalue weighted by atomic mass is 9.82. The van der Waals surface area contributed by atoms with Gasteiger partial charge in [0.15, 0.2) is 0 Å². The smallest absolute Gasteiger partial charge is 0.281 e. The van der Waals surface area contributed by atoms with Gasteiger partial charge < -0.3 is 20.4 Å². The number of carbonyl (C=O) groups is 1. The highest BCUT2D eigenvalue weighted by atomic mass is 16.3. The van der Waals surface area contributed by atoms with E-state index < -0.39 is 6.10 Å². The molecule has 0 spiro atoms. The summed E-state index contributed by atoms with van der Waals surface area (Å²) in [6.45, 7) is 0.929. The van der Waals surface area contributed by atoms with E-state index in [0.717, 1.165) is 12.6 Å². The number of hydrogen-bond donors (Lipinski definition) is 2. The Balaban J connectivity index is 2.24. The molecule has 1 aromatic rings. The van der Waals surface area contributed by atoms with Gasteiger partial charge in [0.1, 0.15) is 0 Å². The number of carbonyl (C=O) groups excluding carboxylic acids is 1. The van der Waals surface area contributed by atoms with Crippen molar-refractivity contribution in [3.8, 4) is 0 Å². The molecular weight excluding hydrogens is 215 g/mol. The lowest BCUT2D eigenvalue weighted by molar-refractivity contribution is 0.0878. The van der Waals surface area contributed by atoms with Gasteiger partial charge >= 0.3 is 0 Å². The second-order valence-electron chi connectivity index (χ2n) is 4.44. The van der Waals surface area contributed by atoms with Crippen LogP contribution in [0.15, 0.2) is 24.3 Å². The molecule has 0 fully saturated rings. The highest BCUT2D eigenvalue weighted by Crippen LogP contribution is 2.23. The van der Waals surface area contributed by atoms with Crippen molar-refractivity contribution in [2.24, 2.45) is 5.73 Å². The predicted molar refractivity (Wildman–Crippen MR) is 68.4 cm³/mol. The topological polar surface area (TPSA) is 66.6 Å². The van der Waals surface area contributed by atoms with Crippen molar-refractivity contribution in [1.82, 2.24) is 4.81 Å². The molecule has 2 rings (SSSR count). The van der Waals surface area contributed by atoms with E-state index in [-0.39, 0.29) is 12.6 Å². The van der Waals surface area contributed by atoms with E-state index in [1.54, 1.807) is 0 Å². The van der Waals surface area contributed by atoms with Crippen molar-refractivity contribution in [3.05, 3.63) is 35.4 Å². The Morgan fingerprint density at radius 1 is 1.53 bits per heavy atom. The van der Waals surface area contributed by atoms with Crippen LogP contribution in [0.1, 0.15) is 11.1 Å². The van der Waals surface area contributed by atoms with Crippen molar-refractivity contribution >= 4 is 13.6 Å². The molecule has 0 aromatic heterocycles. The van der Waals surface area contributed by atoms with Gasteiger partial charge in [0.25, 0.3) is 7.41 Å². The minimum absolute atomic E-state index is 0.0555. The van der Waals surface area contributed by atoms with Crippen LogP contribution in [0.5, 0.6) is 0 Å². The SMILES string of the molecule is NC[C@@H](O)[C@@H]1Cc2ccccc2CN1BC=O. The van der Waals surface area contributed by atoms with Crippen molar-refractivity contribution in [2.75, 3.05) is 6.54 Å². The Hall–Kier alpha value is -1.17. The van der Waals surface area contributed by atoms with Gasteiger partial charge in [-0.25, -0.2) is 0 Å². The first-order valence-electron chi connectivity index (χ1n) is 5.89. The standard InChI is InChI=1S/C12H17BN2O2/c14-6-12(17)11-5-9-3-1-2-4-10(9)7-15(11)13-8-16/h1-4,8,11-13,17H,5-7,14H2/t11-,12+/m0/s1. The van der Waals surface area contributed by atoms with Crippen LogP contribution in [0, 0.1) is 0 Å². The zero-order chi connectivity index (χ0) is 12.3. The number of aliphatic hydroxyl groups is 1. The molecule has 0 radical (unpaired) electrons. The maximum Gasteiger partial charge on any atom is 0.281 e. The van der Waals surface area contributed by atoms with E-state index >= 15 is 0 Å². The average Bonchev–Trinajstić information content (AvgIpc) is 2.37. The molecule has 3 N–H and O–H groups in total. The average molecular weight is 232 g/mol. The third-order valence-electron chi connectivity index (χ3n) is 3.38. The second-order valence-corrected chi connectivity index (χ2v) is 4.44. The molecule has 0 saturated carbocycles. The maximum absolute atomic E-state index is 10.7. The molecule has 1 aromatic carbocycles. The summed E-state index contributed by atoms with van der Waals surface area (Å²) in [5.74, 6) is 0. The first-order valence-corrected chi connectivity index (χ1v) is 5.89. The zero-order valence-electron chi connectivity index (χ0n) is 9.75. The molecule has 4 nitrogen and oxygen atoms in total. The summed E-state index contributed by atoms with van der Waals surface area (Å²) in [6, 6.07) is 8.08. The van der Waals surface area contributed by atoms with Crippen molar-refractivity contribution < 1.29 is 9.90 Å². The molecule has 5 heteroatoms. The molecule has 17 heavy (non-hydrogen) atoms.